The smallest absolute Gasteiger partial charge is 0.131 e. The van der Waals surface area contributed by atoms with Crippen LogP contribution in [0.2, 0.25) is 0 Å². The number of hydrogen-bond donors (Lipinski definition) is 1. The molecule has 1 aromatic heterocycles. The number of rotatable bonds is 6. The highest BCUT2D eigenvalue weighted by Gasteiger charge is 2.06. The number of aryl methyl sites for hydroxylation is 1. The summed E-state index contributed by atoms with van der Waals surface area (Å²) < 4.78 is 5.02. The summed E-state index contributed by atoms with van der Waals surface area (Å²) in [6, 6.07) is 2.19. The van der Waals surface area contributed by atoms with Gasteiger partial charge in [-0.3, -0.25) is 0 Å². The molecule has 4 heteroatoms. The van der Waals surface area contributed by atoms with Crippen molar-refractivity contribution in [2.75, 3.05) is 13.7 Å². The Kier molecular flexibility index (Phi) is 5.35. The van der Waals surface area contributed by atoms with Crippen molar-refractivity contribution in [3.8, 4) is 0 Å². The van der Waals surface area contributed by atoms with Crippen LogP contribution in [0.5, 0.6) is 0 Å². The fraction of sp³-hybridized carbons (Fsp3) is 0.667. The second kappa shape index (κ2) is 6.55. The van der Waals surface area contributed by atoms with E-state index < -0.39 is 0 Å². The highest BCUT2D eigenvalue weighted by molar-refractivity contribution is 5.11. The van der Waals surface area contributed by atoms with E-state index in [-0.39, 0.29) is 6.04 Å². The maximum absolute atomic E-state index is 5.92. The fourth-order valence-electron chi connectivity index (χ4n) is 1.52. The Labute approximate surface area is 97.2 Å². The van der Waals surface area contributed by atoms with Crippen LogP contribution >= 0.6 is 0 Å². The zero-order valence-corrected chi connectivity index (χ0v) is 10.4. The third kappa shape index (κ3) is 4.24. The predicted octanol–water partition coefficient (Wildman–Crippen LogP) is 1.25. The summed E-state index contributed by atoms with van der Waals surface area (Å²) in [5, 5.41) is 0. The van der Waals surface area contributed by atoms with Crippen molar-refractivity contribution in [3.63, 3.8) is 0 Å². The Hall–Kier alpha value is -1.00. The predicted molar refractivity (Wildman–Crippen MR) is 64.3 cm³/mol. The minimum atomic E-state index is 0.185. The van der Waals surface area contributed by atoms with Crippen LogP contribution in [0.15, 0.2) is 6.07 Å². The minimum Gasteiger partial charge on any atom is -0.384 e. The van der Waals surface area contributed by atoms with E-state index in [2.05, 4.69) is 16.9 Å². The Morgan fingerprint density at radius 1 is 1.44 bits per heavy atom. The lowest BCUT2D eigenvalue weighted by Crippen LogP contribution is -2.22. The molecule has 0 amide bonds. The normalized spacial score (nSPS) is 12.8. The summed E-state index contributed by atoms with van der Waals surface area (Å²) in [5.41, 5.74) is 7.95. The molecule has 4 nitrogen and oxygen atoms in total. The number of nitrogens with two attached hydrogens (primary N) is 1. The van der Waals surface area contributed by atoms with E-state index >= 15 is 0 Å². The summed E-state index contributed by atoms with van der Waals surface area (Å²) in [7, 11) is 1.68. The van der Waals surface area contributed by atoms with Gasteiger partial charge in [-0.05, 0) is 19.4 Å². The molecule has 1 heterocycles. The van der Waals surface area contributed by atoms with E-state index in [1.807, 2.05) is 13.0 Å². The zero-order valence-electron chi connectivity index (χ0n) is 10.4. The van der Waals surface area contributed by atoms with E-state index in [1.165, 1.54) is 0 Å². The Balaban J connectivity index is 2.73. The molecule has 1 unspecified atom stereocenters. The van der Waals surface area contributed by atoms with Crippen molar-refractivity contribution >= 4 is 0 Å². The van der Waals surface area contributed by atoms with Gasteiger partial charge >= 0.3 is 0 Å². The zero-order chi connectivity index (χ0) is 12.0. The van der Waals surface area contributed by atoms with Gasteiger partial charge in [0.15, 0.2) is 0 Å². The molecular weight excluding hydrogens is 202 g/mol. The molecule has 1 rings (SSSR count). The van der Waals surface area contributed by atoms with Crippen LogP contribution in [0, 0.1) is 6.92 Å². The number of aromatic nitrogens is 2. The van der Waals surface area contributed by atoms with Gasteiger partial charge in [-0.2, -0.15) is 0 Å². The highest BCUT2D eigenvalue weighted by atomic mass is 16.5. The lowest BCUT2D eigenvalue weighted by atomic mass is 10.1. The van der Waals surface area contributed by atoms with Crippen LogP contribution in [0.25, 0.3) is 0 Å². The van der Waals surface area contributed by atoms with E-state index in [4.69, 9.17) is 10.5 Å². The lowest BCUT2D eigenvalue weighted by molar-refractivity contribution is 0.200. The van der Waals surface area contributed by atoms with Crippen LogP contribution in [0.1, 0.15) is 30.6 Å². The van der Waals surface area contributed by atoms with Gasteiger partial charge in [0.1, 0.15) is 5.82 Å². The number of methoxy groups -OCH3 is 1. The summed E-state index contributed by atoms with van der Waals surface area (Å²) in [4.78, 5) is 8.86. The largest absolute Gasteiger partial charge is 0.384 e. The molecule has 90 valence electrons. The van der Waals surface area contributed by atoms with Crippen molar-refractivity contribution in [1.82, 2.24) is 9.97 Å². The van der Waals surface area contributed by atoms with Crippen molar-refractivity contribution in [2.24, 2.45) is 5.73 Å². The van der Waals surface area contributed by atoms with Gasteiger partial charge in [-0.15, -0.1) is 0 Å². The molecule has 1 atom stereocenters. The van der Waals surface area contributed by atoms with Crippen LogP contribution in [-0.2, 0) is 17.6 Å². The molecular formula is C12H21N3O. The van der Waals surface area contributed by atoms with Gasteiger partial charge in [0.05, 0.1) is 6.61 Å². The van der Waals surface area contributed by atoms with Gasteiger partial charge in [0.2, 0.25) is 0 Å². The van der Waals surface area contributed by atoms with Crippen molar-refractivity contribution in [2.45, 2.75) is 39.2 Å². The summed E-state index contributed by atoms with van der Waals surface area (Å²) in [5.74, 6) is 0.847. The van der Waals surface area contributed by atoms with E-state index in [9.17, 15) is 0 Å². The molecule has 0 radical (unpaired) electrons. The van der Waals surface area contributed by atoms with Crippen molar-refractivity contribution in [3.05, 3.63) is 23.3 Å². The number of hydrogen-bond acceptors (Lipinski definition) is 4. The van der Waals surface area contributed by atoms with Gasteiger partial charge < -0.3 is 10.5 Å². The molecule has 0 aliphatic carbocycles. The highest BCUT2D eigenvalue weighted by Crippen LogP contribution is 2.05. The molecule has 16 heavy (non-hydrogen) atoms. The molecule has 2 N–H and O–H groups in total. The van der Waals surface area contributed by atoms with Crippen molar-refractivity contribution < 1.29 is 4.74 Å². The van der Waals surface area contributed by atoms with E-state index in [0.717, 1.165) is 36.5 Å². The molecule has 0 saturated carbocycles. The summed E-state index contributed by atoms with van der Waals surface area (Å²) in [6.45, 7) is 4.73. The Morgan fingerprint density at radius 2 is 2.19 bits per heavy atom. The third-order valence-electron chi connectivity index (χ3n) is 2.48. The average molecular weight is 223 g/mol. The van der Waals surface area contributed by atoms with E-state index in [0.29, 0.717) is 6.61 Å². The first-order valence-corrected chi connectivity index (χ1v) is 5.73. The third-order valence-corrected chi connectivity index (χ3v) is 2.48. The van der Waals surface area contributed by atoms with Crippen LogP contribution in [0.4, 0.5) is 0 Å². The second-order valence-electron chi connectivity index (χ2n) is 4.03. The second-order valence-corrected chi connectivity index (χ2v) is 4.03. The first-order chi connectivity index (χ1) is 7.65. The number of nitrogens with zero attached hydrogens (tertiary/aromatic N) is 2. The topological polar surface area (TPSA) is 61.0 Å². The molecule has 0 aliphatic rings. The van der Waals surface area contributed by atoms with Crippen LogP contribution in [0.3, 0.4) is 0 Å². The molecule has 0 bridgehead atoms. The molecule has 0 spiro atoms. The van der Waals surface area contributed by atoms with Gasteiger partial charge in [0.25, 0.3) is 0 Å². The number of ether oxygens (including phenoxy) is 1. The molecule has 0 aliphatic heterocycles. The Bertz CT molecular complexity index is 328. The molecule has 1 aromatic rings. The van der Waals surface area contributed by atoms with Crippen LogP contribution < -0.4 is 5.73 Å². The van der Waals surface area contributed by atoms with Gasteiger partial charge in [-0.25, -0.2) is 9.97 Å². The van der Waals surface area contributed by atoms with Crippen LogP contribution in [-0.4, -0.2) is 29.7 Å². The Morgan fingerprint density at radius 3 is 2.81 bits per heavy atom. The molecule has 0 saturated heterocycles. The first-order valence-electron chi connectivity index (χ1n) is 5.73. The fourth-order valence-corrected chi connectivity index (χ4v) is 1.52. The lowest BCUT2D eigenvalue weighted by Gasteiger charge is -2.09. The van der Waals surface area contributed by atoms with Gasteiger partial charge in [0, 0.05) is 37.4 Å². The monoisotopic (exact) mass is 223 g/mol. The maximum atomic E-state index is 5.92. The average Bonchev–Trinajstić information content (AvgIpc) is 2.25. The molecule has 0 aromatic carbocycles. The quantitative estimate of drug-likeness (QED) is 0.788. The molecule has 0 fully saturated rings. The SMILES string of the molecule is CCC(N)Cc1cc(C)nc(CCOC)n1. The minimum absolute atomic E-state index is 0.185. The standard InChI is InChI=1S/C12H21N3O/c1-4-10(13)8-11-7-9(2)14-12(15-11)5-6-16-3/h7,10H,4-6,8,13H2,1-3H3. The van der Waals surface area contributed by atoms with E-state index in [1.54, 1.807) is 7.11 Å². The van der Waals surface area contributed by atoms with Gasteiger partial charge in [-0.1, -0.05) is 6.92 Å². The van der Waals surface area contributed by atoms with Crippen molar-refractivity contribution in [1.29, 1.82) is 0 Å². The maximum Gasteiger partial charge on any atom is 0.131 e. The summed E-state index contributed by atoms with van der Waals surface area (Å²) in [6.07, 6.45) is 2.54. The first kappa shape index (κ1) is 13.1. The summed E-state index contributed by atoms with van der Waals surface area (Å²) >= 11 is 0.